The van der Waals surface area contributed by atoms with Crippen LogP contribution in [0.15, 0.2) is 24.3 Å². The lowest BCUT2D eigenvalue weighted by atomic mass is 10.3. The summed E-state index contributed by atoms with van der Waals surface area (Å²) in [6.07, 6.45) is 1.17. The molecule has 3 N–H and O–H groups in total. The lowest BCUT2D eigenvalue weighted by Crippen LogP contribution is -2.30. The minimum atomic E-state index is -0.878. The van der Waals surface area contributed by atoms with Crippen molar-refractivity contribution in [3.8, 4) is 5.75 Å². The van der Waals surface area contributed by atoms with Gasteiger partial charge in [-0.1, -0.05) is 12.1 Å². The molecule has 0 radical (unpaired) electrons. The quantitative estimate of drug-likeness (QED) is 0.575. The van der Waals surface area contributed by atoms with Gasteiger partial charge in [-0.25, -0.2) is 4.79 Å². The third-order valence-corrected chi connectivity index (χ3v) is 2.74. The van der Waals surface area contributed by atoms with Gasteiger partial charge in [0.05, 0.1) is 12.3 Å². The van der Waals surface area contributed by atoms with E-state index in [0.29, 0.717) is 37.6 Å². The monoisotopic (exact) mass is 310 g/mol. The van der Waals surface area contributed by atoms with Crippen molar-refractivity contribution in [3.63, 3.8) is 0 Å². The molecule has 0 fully saturated rings. The van der Waals surface area contributed by atoms with E-state index in [1.165, 1.54) is 0 Å². The van der Waals surface area contributed by atoms with Gasteiger partial charge in [0.2, 0.25) is 0 Å². The first-order valence-electron chi connectivity index (χ1n) is 7.11. The largest absolute Gasteiger partial charge is 0.491 e. The molecule has 7 heteroatoms. The third-order valence-electron chi connectivity index (χ3n) is 2.74. The summed E-state index contributed by atoms with van der Waals surface area (Å²) in [5.41, 5.74) is 0.565. The zero-order valence-corrected chi connectivity index (χ0v) is 12.6. The second kappa shape index (κ2) is 10.4. The van der Waals surface area contributed by atoms with Crippen molar-refractivity contribution >= 4 is 17.7 Å². The fraction of sp³-hybridized carbons (Fsp3) is 0.467. The highest BCUT2D eigenvalue weighted by atomic mass is 16.5. The summed E-state index contributed by atoms with van der Waals surface area (Å²) in [7, 11) is 1.63. The fourth-order valence-corrected chi connectivity index (χ4v) is 1.69. The standard InChI is InChI=1S/C15H22N2O5/c1-21-10-5-11-22-13-7-3-2-6-12(13)17-15(20)16-9-4-8-14(18)19/h2-3,6-7H,4-5,8-11H2,1H3,(H,18,19)(H2,16,17,20). The number of urea groups is 1. The van der Waals surface area contributed by atoms with Crippen molar-refractivity contribution < 1.29 is 24.2 Å². The topological polar surface area (TPSA) is 96.9 Å². The van der Waals surface area contributed by atoms with Gasteiger partial charge in [0.15, 0.2) is 0 Å². The normalized spacial score (nSPS) is 10.0. The molecule has 0 aliphatic heterocycles. The van der Waals surface area contributed by atoms with Crippen LogP contribution in [0.1, 0.15) is 19.3 Å². The Morgan fingerprint density at radius 1 is 1.18 bits per heavy atom. The molecule has 0 aliphatic carbocycles. The number of rotatable bonds is 10. The molecule has 7 nitrogen and oxygen atoms in total. The van der Waals surface area contributed by atoms with Crippen LogP contribution in [-0.2, 0) is 9.53 Å². The molecule has 0 atom stereocenters. The van der Waals surface area contributed by atoms with Gasteiger partial charge in [-0.05, 0) is 18.6 Å². The van der Waals surface area contributed by atoms with Gasteiger partial charge in [0.1, 0.15) is 5.75 Å². The molecular formula is C15H22N2O5. The predicted octanol–water partition coefficient (Wildman–Crippen LogP) is 2.09. The zero-order chi connectivity index (χ0) is 16.2. The highest BCUT2D eigenvalue weighted by Crippen LogP contribution is 2.23. The van der Waals surface area contributed by atoms with Gasteiger partial charge in [0, 0.05) is 33.1 Å². The van der Waals surface area contributed by atoms with Gasteiger partial charge in [-0.15, -0.1) is 0 Å². The van der Waals surface area contributed by atoms with E-state index in [1.807, 2.05) is 6.07 Å². The first-order chi connectivity index (χ1) is 10.6. The number of carbonyl (C=O) groups excluding carboxylic acids is 1. The van der Waals surface area contributed by atoms with Gasteiger partial charge in [-0.2, -0.15) is 0 Å². The molecule has 2 amide bonds. The average molecular weight is 310 g/mol. The summed E-state index contributed by atoms with van der Waals surface area (Å²) in [5, 5.41) is 13.8. The second-order valence-corrected chi connectivity index (χ2v) is 4.57. The Balaban J connectivity index is 2.40. The molecule has 122 valence electrons. The number of amides is 2. The van der Waals surface area contributed by atoms with Gasteiger partial charge >= 0.3 is 12.0 Å². The molecule has 0 spiro atoms. The van der Waals surface area contributed by atoms with Crippen molar-refractivity contribution in [2.45, 2.75) is 19.3 Å². The first-order valence-corrected chi connectivity index (χ1v) is 7.11. The number of carbonyl (C=O) groups is 2. The number of carboxylic acid groups (broad SMARTS) is 1. The molecule has 1 rings (SSSR count). The number of ether oxygens (including phenoxy) is 2. The van der Waals surface area contributed by atoms with Crippen molar-refractivity contribution in [2.75, 3.05) is 32.2 Å². The van der Waals surface area contributed by atoms with Crippen molar-refractivity contribution in [2.24, 2.45) is 0 Å². The lowest BCUT2D eigenvalue weighted by molar-refractivity contribution is -0.137. The Kier molecular flexibility index (Phi) is 8.44. The van der Waals surface area contributed by atoms with Crippen LogP contribution in [0.25, 0.3) is 0 Å². The van der Waals surface area contributed by atoms with E-state index in [0.717, 1.165) is 6.42 Å². The maximum Gasteiger partial charge on any atom is 0.319 e. The predicted molar refractivity (Wildman–Crippen MR) is 82.3 cm³/mol. The van der Waals surface area contributed by atoms with Crippen LogP contribution in [0.2, 0.25) is 0 Å². The van der Waals surface area contributed by atoms with Crippen LogP contribution in [0, 0.1) is 0 Å². The molecule has 0 saturated carbocycles. The number of hydrogen-bond acceptors (Lipinski definition) is 4. The number of anilines is 1. The smallest absolute Gasteiger partial charge is 0.319 e. The zero-order valence-electron chi connectivity index (χ0n) is 12.6. The average Bonchev–Trinajstić information content (AvgIpc) is 2.49. The summed E-state index contributed by atoms with van der Waals surface area (Å²) < 4.78 is 10.5. The Hall–Kier alpha value is -2.28. The molecule has 0 aromatic heterocycles. The second-order valence-electron chi connectivity index (χ2n) is 4.57. The summed E-state index contributed by atoms with van der Waals surface area (Å²) >= 11 is 0. The minimum absolute atomic E-state index is 0.0273. The number of benzene rings is 1. The van der Waals surface area contributed by atoms with E-state index >= 15 is 0 Å². The molecule has 0 bridgehead atoms. The van der Waals surface area contributed by atoms with Crippen LogP contribution in [0.3, 0.4) is 0 Å². The summed E-state index contributed by atoms with van der Waals surface area (Å²) in [5.74, 6) is -0.295. The number of hydrogen-bond donors (Lipinski definition) is 3. The molecule has 0 heterocycles. The summed E-state index contributed by atoms with van der Waals surface area (Å²) in [4.78, 5) is 22.1. The maximum atomic E-state index is 11.7. The van der Waals surface area contributed by atoms with Crippen molar-refractivity contribution in [1.82, 2.24) is 5.32 Å². The Morgan fingerprint density at radius 3 is 2.68 bits per heavy atom. The van der Waals surface area contributed by atoms with E-state index in [-0.39, 0.29) is 6.42 Å². The molecule has 22 heavy (non-hydrogen) atoms. The number of aliphatic carboxylic acids is 1. The highest BCUT2D eigenvalue weighted by molar-refractivity contribution is 5.90. The SMILES string of the molecule is COCCCOc1ccccc1NC(=O)NCCCC(=O)O. The molecule has 0 aliphatic rings. The number of carboxylic acids is 1. The third kappa shape index (κ3) is 7.49. The Morgan fingerprint density at radius 2 is 1.95 bits per heavy atom. The summed E-state index contributed by atoms with van der Waals surface area (Å²) in [6, 6.07) is 6.73. The molecule has 1 aromatic rings. The minimum Gasteiger partial charge on any atom is -0.491 e. The van der Waals surface area contributed by atoms with Gasteiger partial charge in [0.25, 0.3) is 0 Å². The first kappa shape index (κ1) is 17.8. The van der Waals surface area contributed by atoms with E-state index < -0.39 is 12.0 Å². The number of para-hydroxylation sites is 2. The molecule has 0 saturated heterocycles. The molecular weight excluding hydrogens is 288 g/mol. The van der Waals surface area contributed by atoms with E-state index in [4.69, 9.17) is 14.6 Å². The maximum absolute atomic E-state index is 11.7. The van der Waals surface area contributed by atoms with Crippen LogP contribution in [0.4, 0.5) is 10.5 Å². The van der Waals surface area contributed by atoms with E-state index in [9.17, 15) is 9.59 Å². The van der Waals surface area contributed by atoms with Gasteiger partial charge in [-0.3, -0.25) is 4.79 Å². The summed E-state index contributed by atoms with van der Waals surface area (Å²) in [6.45, 7) is 1.40. The van der Waals surface area contributed by atoms with Gasteiger partial charge < -0.3 is 25.2 Å². The van der Waals surface area contributed by atoms with E-state index in [1.54, 1.807) is 25.3 Å². The van der Waals surface area contributed by atoms with Crippen molar-refractivity contribution in [1.29, 1.82) is 0 Å². The number of methoxy groups -OCH3 is 1. The lowest BCUT2D eigenvalue weighted by Gasteiger charge is -2.12. The Bertz CT molecular complexity index is 479. The highest BCUT2D eigenvalue weighted by Gasteiger charge is 2.07. The van der Waals surface area contributed by atoms with E-state index in [2.05, 4.69) is 10.6 Å². The molecule has 1 aromatic carbocycles. The van der Waals surface area contributed by atoms with Crippen LogP contribution >= 0.6 is 0 Å². The molecule has 0 unspecified atom stereocenters. The Labute approximate surface area is 129 Å². The number of nitrogens with one attached hydrogen (secondary N) is 2. The van der Waals surface area contributed by atoms with Crippen LogP contribution < -0.4 is 15.4 Å². The van der Waals surface area contributed by atoms with Crippen molar-refractivity contribution in [3.05, 3.63) is 24.3 Å². The van der Waals surface area contributed by atoms with Crippen LogP contribution in [0.5, 0.6) is 5.75 Å². The van der Waals surface area contributed by atoms with Crippen LogP contribution in [-0.4, -0.2) is 44.0 Å². The fourth-order valence-electron chi connectivity index (χ4n) is 1.69.